The summed E-state index contributed by atoms with van der Waals surface area (Å²) < 4.78 is 12.2. The van der Waals surface area contributed by atoms with Gasteiger partial charge in [0.1, 0.15) is 5.82 Å². The fourth-order valence-corrected chi connectivity index (χ4v) is 1.60. The topological polar surface area (TPSA) is 68.0 Å². The number of nitrogens with two attached hydrogens (primary N) is 1. The summed E-state index contributed by atoms with van der Waals surface area (Å²) in [6.07, 6.45) is 1.83. The molecule has 2 rings (SSSR count). The molecule has 0 aliphatic heterocycles. The van der Waals surface area contributed by atoms with Gasteiger partial charge < -0.3 is 11.1 Å². The number of rotatable bonds is 4. The number of aromatic nitrogens is 1. The standard InChI is InChI=1S/C14H14FN3O/c15-8-7-10-1-3-11(4-2-10)14(19)18-13-6-5-12(16)9-17-13/h1-6,9H,7-8,16H2,(H,17,18,19). The Labute approximate surface area is 110 Å². The van der Waals surface area contributed by atoms with Crippen molar-refractivity contribution in [2.45, 2.75) is 6.42 Å². The predicted molar refractivity (Wildman–Crippen MR) is 72.7 cm³/mol. The SMILES string of the molecule is Nc1ccc(NC(=O)c2ccc(CCF)cc2)nc1. The number of hydrogen-bond acceptors (Lipinski definition) is 3. The molecule has 0 atom stereocenters. The average Bonchev–Trinajstić information content (AvgIpc) is 2.42. The lowest BCUT2D eigenvalue weighted by Crippen LogP contribution is -2.12. The van der Waals surface area contributed by atoms with Crippen LogP contribution < -0.4 is 11.1 Å². The molecule has 19 heavy (non-hydrogen) atoms. The number of pyridine rings is 1. The third-order valence-electron chi connectivity index (χ3n) is 2.63. The Kier molecular flexibility index (Phi) is 4.07. The number of halogens is 1. The Morgan fingerprint density at radius 2 is 1.95 bits per heavy atom. The molecule has 0 radical (unpaired) electrons. The van der Waals surface area contributed by atoms with Gasteiger partial charge in [0, 0.05) is 12.0 Å². The van der Waals surface area contributed by atoms with E-state index in [1.807, 2.05) is 0 Å². The lowest BCUT2D eigenvalue weighted by atomic mass is 10.1. The summed E-state index contributed by atoms with van der Waals surface area (Å²) in [5.41, 5.74) is 7.41. The maximum Gasteiger partial charge on any atom is 0.256 e. The summed E-state index contributed by atoms with van der Waals surface area (Å²) in [7, 11) is 0. The van der Waals surface area contributed by atoms with Crippen molar-refractivity contribution < 1.29 is 9.18 Å². The van der Waals surface area contributed by atoms with Crippen LogP contribution in [0, 0.1) is 0 Å². The largest absolute Gasteiger partial charge is 0.397 e. The van der Waals surface area contributed by atoms with E-state index in [4.69, 9.17) is 5.73 Å². The first-order valence-corrected chi connectivity index (χ1v) is 5.87. The van der Waals surface area contributed by atoms with Crippen molar-refractivity contribution in [1.82, 2.24) is 4.98 Å². The van der Waals surface area contributed by atoms with Crippen molar-refractivity contribution in [3.63, 3.8) is 0 Å². The molecule has 1 amide bonds. The second-order valence-corrected chi connectivity index (χ2v) is 4.07. The van der Waals surface area contributed by atoms with Gasteiger partial charge in [-0.3, -0.25) is 9.18 Å². The first kappa shape index (κ1) is 13.0. The summed E-state index contributed by atoms with van der Waals surface area (Å²) in [6, 6.07) is 10.1. The van der Waals surface area contributed by atoms with Gasteiger partial charge in [0.2, 0.25) is 0 Å². The molecule has 0 aliphatic rings. The molecule has 4 nitrogen and oxygen atoms in total. The molecule has 1 aromatic heterocycles. The van der Waals surface area contributed by atoms with E-state index in [2.05, 4.69) is 10.3 Å². The predicted octanol–water partition coefficient (Wildman–Crippen LogP) is 2.43. The van der Waals surface area contributed by atoms with E-state index in [9.17, 15) is 9.18 Å². The number of nitrogens with one attached hydrogen (secondary N) is 1. The van der Waals surface area contributed by atoms with Crippen molar-refractivity contribution in [2.75, 3.05) is 17.7 Å². The van der Waals surface area contributed by atoms with Crippen LogP contribution in [0.25, 0.3) is 0 Å². The molecule has 1 heterocycles. The number of amides is 1. The number of aryl methyl sites for hydroxylation is 1. The molecular weight excluding hydrogens is 245 g/mol. The van der Waals surface area contributed by atoms with Gasteiger partial charge in [-0.1, -0.05) is 12.1 Å². The quantitative estimate of drug-likeness (QED) is 0.886. The zero-order valence-electron chi connectivity index (χ0n) is 10.3. The van der Waals surface area contributed by atoms with Crippen LogP contribution in [0.15, 0.2) is 42.6 Å². The number of carbonyl (C=O) groups is 1. The van der Waals surface area contributed by atoms with Crippen molar-refractivity contribution in [2.24, 2.45) is 0 Å². The van der Waals surface area contributed by atoms with E-state index in [1.165, 1.54) is 6.20 Å². The number of nitrogens with zero attached hydrogens (tertiary/aromatic N) is 1. The zero-order chi connectivity index (χ0) is 13.7. The molecule has 0 bridgehead atoms. The highest BCUT2D eigenvalue weighted by atomic mass is 19.1. The number of benzene rings is 1. The second-order valence-electron chi connectivity index (χ2n) is 4.07. The molecule has 5 heteroatoms. The van der Waals surface area contributed by atoms with E-state index in [1.54, 1.807) is 36.4 Å². The monoisotopic (exact) mass is 259 g/mol. The fraction of sp³-hybridized carbons (Fsp3) is 0.143. The second kappa shape index (κ2) is 5.95. The Morgan fingerprint density at radius 1 is 1.21 bits per heavy atom. The van der Waals surface area contributed by atoms with E-state index >= 15 is 0 Å². The molecule has 0 fully saturated rings. The van der Waals surface area contributed by atoms with Gasteiger partial charge in [-0.2, -0.15) is 0 Å². The smallest absolute Gasteiger partial charge is 0.256 e. The molecule has 2 aromatic rings. The van der Waals surface area contributed by atoms with Gasteiger partial charge in [-0.25, -0.2) is 4.98 Å². The number of carbonyl (C=O) groups excluding carboxylic acids is 1. The van der Waals surface area contributed by atoms with Crippen LogP contribution in [-0.4, -0.2) is 17.6 Å². The Bertz CT molecular complexity index is 552. The van der Waals surface area contributed by atoms with Crippen LogP contribution in [0.5, 0.6) is 0 Å². The molecule has 0 saturated carbocycles. The number of hydrogen-bond donors (Lipinski definition) is 2. The molecule has 0 unspecified atom stereocenters. The first-order chi connectivity index (χ1) is 9.19. The minimum Gasteiger partial charge on any atom is -0.397 e. The molecule has 1 aromatic carbocycles. The van der Waals surface area contributed by atoms with E-state index in [0.717, 1.165) is 5.56 Å². The lowest BCUT2D eigenvalue weighted by molar-refractivity contribution is 0.102. The van der Waals surface area contributed by atoms with E-state index < -0.39 is 6.67 Å². The Balaban J connectivity index is 2.05. The number of nitrogen functional groups attached to an aromatic ring is 1. The Morgan fingerprint density at radius 3 is 2.53 bits per heavy atom. The summed E-state index contributed by atoms with van der Waals surface area (Å²) in [4.78, 5) is 15.9. The molecule has 0 aliphatic carbocycles. The van der Waals surface area contributed by atoms with Gasteiger partial charge in [-0.15, -0.1) is 0 Å². The van der Waals surface area contributed by atoms with Crippen molar-refractivity contribution >= 4 is 17.4 Å². The highest BCUT2D eigenvalue weighted by Crippen LogP contribution is 2.10. The molecule has 0 saturated heterocycles. The highest BCUT2D eigenvalue weighted by Gasteiger charge is 2.06. The lowest BCUT2D eigenvalue weighted by Gasteiger charge is -2.05. The van der Waals surface area contributed by atoms with Crippen molar-refractivity contribution in [1.29, 1.82) is 0 Å². The van der Waals surface area contributed by atoms with Gasteiger partial charge in [0.05, 0.1) is 18.6 Å². The van der Waals surface area contributed by atoms with Crippen LogP contribution in [0.4, 0.5) is 15.9 Å². The van der Waals surface area contributed by atoms with Crippen LogP contribution in [-0.2, 0) is 6.42 Å². The van der Waals surface area contributed by atoms with E-state index in [-0.39, 0.29) is 5.91 Å². The molecule has 0 spiro atoms. The van der Waals surface area contributed by atoms with Crippen LogP contribution >= 0.6 is 0 Å². The number of alkyl halides is 1. The minimum absolute atomic E-state index is 0.260. The molecule has 3 N–H and O–H groups in total. The van der Waals surface area contributed by atoms with Gasteiger partial charge >= 0.3 is 0 Å². The van der Waals surface area contributed by atoms with Crippen LogP contribution in [0.3, 0.4) is 0 Å². The third kappa shape index (κ3) is 3.51. The maximum atomic E-state index is 12.2. The van der Waals surface area contributed by atoms with Crippen molar-refractivity contribution in [3.05, 3.63) is 53.7 Å². The summed E-state index contributed by atoms with van der Waals surface area (Å²) in [5, 5.41) is 2.66. The normalized spacial score (nSPS) is 10.2. The third-order valence-corrected chi connectivity index (χ3v) is 2.63. The van der Waals surface area contributed by atoms with Crippen LogP contribution in [0.1, 0.15) is 15.9 Å². The maximum absolute atomic E-state index is 12.2. The molecule has 98 valence electrons. The van der Waals surface area contributed by atoms with Crippen LogP contribution in [0.2, 0.25) is 0 Å². The highest BCUT2D eigenvalue weighted by molar-refractivity contribution is 6.03. The summed E-state index contributed by atoms with van der Waals surface area (Å²) >= 11 is 0. The summed E-state index contributed by atoms with van der Waals surface area (Å²) in [6.45, 7) is -0.402. The van der Waals surface area contributed by atoms with E-state index in [0.29, 0.717) is 23.5 Å². The summed E-state index contributed by atoms with van der Waals surface area (Å²) in [5.74, 6) is 0.177. The molecular formula is C14H14FN3O. The average molecular weight is 259 g/mol. The fourth-order valence-electron chi connectivity index (χ4n) is 1.60. The van der Waals surface area contributed by atoms with Gasteiger partial charge in [-0.05, 0) is 29.8 Å². The van der Waals surface area contributed by atoms with Crippen molar-refractivity contribution in [3.8, 4) is 0 Å². The first-order valence-electron chi connectivity index (χ1n) is 5.87. The van der Waals surface area contributed by atoms with Gasteiger partial charge in [0.25, 0.3) is 5.91 Å². The number of anilines is 2. The van der Waals surface area contributed by atoms with Gasteiger partial charge in [0.15, 0.2) is 0 Å². The zero-order valence-corrected chi connectivity index (χ0v) is 10.3. The Hall–Kier alpha value is -2.43. The minimum atomic E-state index is -0.402.